The predicted molar refractivity (Wildman–Crippen MR) is 115 cm³/mol. The number of anilines is 1. The van der Waals surface area contributed by atoms with Crippen LogP contribution in [0.1, 0.15) is 43.2 Å². The molecule has 3 fully saturated rings. The van der Waals surface area contributed by atoms with Gasteiger partial charge >= 0.3 is 0 Å². The third-order valence-electron chi connectivity index (χ3n) is 7.64. The maximum atomic E-state index is 12.8. The van der Waals surface area contributed by atoms with E-state index in [0.29, 0.717) is 5.91 Å². The molecule has 3 aliphatic heterocycles. The van der Waals surface area contributed by atoms with E-state index < -0.39 is 0 Å². The Morgan fingerprint density at radius 2 is 1.59 bits per heavy atom. The van der Waals surface area contributed by atoms with Gasteiger partial charge in [0.05, 0.1) is 0 Å². The predicted octanol–water partition coefficient (Wildman–Crippen LogP) is 2.71. The zero-order chi connectivity index (χ0) is 19.6. The van der Waals surface area contributed by atoms with Crippen LogP contribution in [0, 0.1) is 5.92 Å². The summed E-state index contributed by atoms with van der Waals surface area (Å²) in [7, 11) is 0. The standard InChI is InChI=1S/C24H35N3O2/c28-24(20-8-16-29-17-9-20)27-14-12-26(13-15-27)23-5-4-19-6-10-25(22-2-1-3-22)11-7-21(19)18-23/h4-5,18,20,22H,1-3,6-17H2. The zero-order valence-corrected chi connectivity index (χ0v) is 17.7. The van der Waals surface area contributed by atoms with E-state index in [9.17, 15) is 4.79 Å². The van der Waals surface area contributed by atoms with Crippen molar-refractivity contribution in [3.8, 4) is 0 Å². The lowest BCUT2D eigenvalue weighted by molar-refractivity contribution is -0.138. The Kier molecular flexibility index (Phi) is 5.78. The fraction of sp³-hybridized carbons (Fsp3) is 0.708. The van der Waals surface area contributed by atoms with Gasteiger partial charge in [-0.3, -0.25) is 9.69 Å². The number of amides is 1. The van der Waals surface area contributed by atoms with Crippen LogP contribution in [0.25, 0.3) is 0 Å². The molecule has 0 bridgehead atoms. The Morgan fingerprint density at radius 3 is 2.28 bits per heavy atom. The maximum absolute atomic E-state index is 12.8. The van der Waals surface area contributed by atoms with Crippen molar-refractivity contribution in [3.05, 3.63) is 29.3 Å². The van der Waals surface area contributed by atoms with Gasteiger partial charge in [-0.2, -0.15) is 0 Å². The number of carbonyl (C=O) groups is 1. The summed E-state index contributed by atoms with van der Waals surface area (Å²) < 4.78 is 5.41. The molecule has 1 saturated carbocycles. The van der Waals surface area contributed by atoms with Crippen LogP contribution in [0.5, 0.6) is 0 Å². The van der Waals surface area contributed by atoms with Crippen molar-refractivity contribution in [1.29, 1.82) is 0 Å². The molecule has 29 heavy (non-hydrogen) atoms. The molecule has 0 N–H and O–H groups in total. The molecule has 158 valence electrons. The van der Waals surface area contributed by atoms with E-state index in [1.807, 2.05) is 0 Å². The van der Waals surface area contributed by atoms with E-state index in [1.165, 1.54) is 50.9 Å². The van der Waals surface area contributed by atoms with Gasteiger partial charge in [0.25, 0.3) is 0 Å². The van der Waals surface area contributed by atoms with Crippen LogP contribution < -0.4 is 4.90 Å². The topological polar surface area (TPSA) is 36.0 Å². The highest BCUT2D eigenvalue weighted by atomic mass is 16.5. The molecule has 5 heteroatoms. The molecule has 1 aromatic rings. The molecular weight excluding hydrogens is 362 g/mol. The summed E-state index contributed by atoms with van der Waals surface area (Å²) in [5.74, 6) is 0.535. The van der Waals surface area contributed by atoms with Crippen molar-refractivity contribution in [2.75, 3.05) is 57.4 Å². The van der Waals surface area contributed by atoms with Gasteiger partial charge in [-0.25, -0.2) is 0 Å². The molecule has 1 amide bonds. The smallest absolute Gasteiger partial charge is 0.225 e. The summed E-state index contributed by atoms with van der Waals surface area (Å²) in [6, 6.07) is 7.97. The molecule has 4 aliphatic rings. The van der Waals surface area contributed by atoms with Gasteiger partial charge in [0.2, 0.25) is 5.91 Å². The molecule has 0 radical (unpaired) electrons. The highest BCUT2D eigenvalue weighted by Crippen LogP contribution is 2.29. The van der Waals surface area contributed by atoms with E-state index in [4.69, 9.17) is 4.74 Å². The fourth-order valence-electron chi connectivity index (χ4n) is 5.43. The van der Waals surface area contributed by atoms with E-state index in [2.05, 4.69) is 32.9 Å². The van der Waals surface area contributed by atoms with Gasteiger partial charge < -0.3 is 14.5 Å². The maximum Gasteiger partial charge on any atom is 0.225 e. The lowest BCUT2D eigenvalue weighted by atomic mass is 9.91. The summed E-state index contributed by atoms with van der Waals surface area (Å²) >= 11 is 0. The summed E-state index contributed by atoms with van der Waals surface area (Å²) in [4.78, 5) is 20.1. The van der Waals surface area contributed by atoms with Gasteiger partial charge in [0.15, 0.2) is 0 Å². The van der Waals surface area contributed by atoms with E-state index in [0.717, 1.165) is 58.3 Å². The van der Waals surface area contributed by atoms with E-state index >= 15 is 0 Å². The highest BCUT2D eigenvalue weighted by Gasteiger charge is 2.29. The quantitative estimate of drug-likeness (QED) is 0.786. The molecule has 5 nitrogen and oxygen atoms in total. The van der Waals surface area contributed by atoms with Gasteiger partial charge in [0, 0.05) is 70.1 Å². The second-order valence-corrected chi connectivity index (χ2v) is 9.27. The van der Waals surface area contributed by atoms with Crippen LogP contribution >= 0.6 is 0 Å². The number of ether oxygens (including phenoxy) is 1. The first-order valence-corrected chi connectivity index (χ1v) is 11.8. The minimum Gasteiger partial charge on any atom is -0.381 e. The summed E-state index contributed by atoms with van der Waals surface area (Å²) in [5, 5.41) is 0. The monoisotopic (exact) mass is 397 g/mol. The molecule has 0 unspecified atom stereocenters. The Hall–Kier alpha value is -1.59. The average molecular weight is 398 g/mol. The number of hydrogen-bond donors (Lipinski definition) is 0. The molecule has 0 atom stereocenters. The molecule has 0 aromatic heterocycles. The van der Waals surface area contributed by atoms with Crippen molar-refractivity contribution in [2.24, 2.45) is 5.92 Å². The van der Waals surface area contributed by atoms with Crippen LogP contribution in [0.3, 0.4) is 0 Å². The van der Waals surface area contributed by atoms with Gasteiger partial charge in [0.1, 0.15) is 0 Å². The fourth-order valence-corrected chi connectivity index (χ4v) is 5.43. The first kappa shape index (κ1) is 19.4. The molecule has 5 rings (SSSR count). The Morgan fingerprint density at radius 1 is 0.862 bits per heavy atom. The molecule has 2 saturated heterocycles. The number of fused-ring (bicyclic) bond motifs is 1. The number of hydrogen-bond acceptors (Lipinski definition) is 4. The number of benzene rings is 1. The summed E-state index contributed by atoms with van der Waals surface area (Å²) in [6.45, 7) is 7.52. The summed E-state index contributed by atoms with van der Waals surface area (Å²) in [5.41, 5.74) is 4.44. The molecular formula is C24H35N3O2. The average Bonchev–Trinajstić information content (AvgIpc) is 2.95. The number of carbonyl (C=O) groups excluding carboxylic acids is 1. The van der Waals surface area contributed by atoms with Crippen molar-refractivity contribution >= 4 is 11.6 Å². The van der Waals surface area contributed by atoms with E-state index in [1.54, 1.807) is 11.1 Å². The first-order chi connectivity index (χ1) is 14.3. The molecule has 1 aromatic carbocycles. The highest BCUT2D eigenvalue weighted by molar-refractivity contribution is 5.79. The van der Waals surface area contributed by atoms with Crippen LogP contribution in [0.2, 0.25) is 0 Å². The number of nitrogens with zero attached hydrogens (tertiary/aromatic N) is 3. The van der Waals surface area contributed by atoms with Crippen LogP contribution in [-0.4, -0.2) is 74.2 Å². The van der Waals surface area contributed by atoms with Gasteiger partial charge in [-0.05, 0) is 61.8 Å². The van der Waals surface area contributed by atoms with Gasteiger partial charge in [-0.15, -0.1) is 0 Å². The van der Waals surface area contributed by atoms with Crippen LogP contribution in [-0.2, 0) is 22.4 Å². The SMILES string of the molecule is O=C(C1CCOCC1)N1CCN(c2ccc3c(c2)CCN(C2CCC2)CC3)CC1. The minimum atomic E-state index is 0.182. The van der Waals surface area contributed by atoms with Crippen molar-refractivity contribution in [3.63, 3.8) is 0 Å². The second-order valence-electron chi connectivity index (χ2n) is 9.27. The molecule has 3 heterocycles. The third kappa shape index (κ3) is 4.17. The second kappa shape index (κ2) is 8.65. The summed E-state index contributed by atoms with van der Waals surface area (Å²) in [6.07, 6.45) is 8.38. The van der Waals surface area contributed by atoms with Crippen molar-refractivity contribution < 1.29 is 9.53 Å². The number of piperazine rings is 1. The molecule has 0 spiro atoms. The zero-order valence-electron chi connectivity index (χ0n) is 17.7. The Labute approximate surface area is 175 Å². The molecule has 1 aliphatic carbocycles. The Bertz CT molecular complexity index is 719. The third-order valence-corrected chi connectivity index (χ3v) is 7.64. The lowest BCUT2D eigenvalue weighted by Gasteiger charge is -2.38. The first-order valence-electron chi connectivity index (χ1n) is 11.8. The van der Waals surface area contributed by atoms with Gasteiger partial charge in [-0.1, -0.05) is 12.5 Å². The van der Waals surface area contributed by atoms with E-state index in [-0.39, 0.29) is 5.92 Å². The van der Waals surface area contributed by atoms with Crippen molar-refractivity contribution in [2.45, 2.75) is 51.0 Å². The normalized spacial score (nSPS) is 24.7. The Balaban J connectivity index is 1.18. The number of rotatable bonds is 3. The lowest BCUT2D eigenvalue weighted by Crippen LogP contribution is -2.51. The van der Waals surface area contributed by atoms with Crippen LogP contribution in [0.15, 0.2) is 18.2 Å². The van der Waals surface area contributed by atoms with Crippen LogP contribution in [0.4, 0.5) is 5.69 Å². The van der Waals surface area contributed by atoms with Crippen molar-refractivity contribution in [1.82, 2.24) is 9.80 Å². The minimum absolute atomic E-state index is 0.182. The largest absolute Gasteiger partial charge is 0.381 e.